The maximum absolute atomic E-state index is 11.7. The van der Waals surface area contributed by atoms with Crippen LogP contribution in [-0.2, 0) is 9.53 Å². The first-order chi connectivity index (χ1) is 10.1. The van der Waals surface area contributed by atoms with E-state index in [1.807, 2.05) is 0 Å². The number of amides is 3. The zero-order valence-electron chi connectivity index (χ0n) is 12.5. The summed E-state index contributed by atoms with van der Waals surface area (Å²) in [6.07, 6.45) is 0. The summed E-state index contributed by atoms with van der Waals surface area (Å²) in [5.41, 5.74) is 5.47. The van der Waals surface area contributed by atoms with Crippen molar-refractivity contribution < 1.29 is 19.1 Å². The molecule has 1 rings (SSSR count). The van der Waals surface area contributed by atoms with Crippen LogP contribution in [-0.4, -0.2) is 30.1 Å². The van der Waals surface area contributed by atoms with Crippen LogP contribution in [0.5, 0.6) is 0 Å². The fourth-order valence-electron chi connectivity index (χ4n) is 1.42. The lowest BCUT2D eigenvalue weighted by molar-refractivity contribution is -0.123. The molecule has 1 aromatic carbocycles. The third-order valence-corrected chi connectivity index (χ3v) is 2.65. The third-order valence-electron chi connectivity index (χ3n) is 2.31. The number of imide groups is 1. The van der Waals surface area contributed by atoms with E-state index in [2.05, 4.69) is 10.6 Å². The van der Waals surface area contributed by atoms with Crippen molar-refractivity contribution in [2.24, 2.45) is 0 Å². The molecule has 0 bridgehead atoms. The molecule has 0 radical (unpaired) electrons. The Labute approximate surface area is 133 Å². The van der Waals surface area contributed by atoms with E-state index in [1.54, 1.807) is 20.8 Å². The van der Waals surface area contributed by atoms with E-state index in [0.717, 1.165) is 0 Å². The molecular formula is C14H18ClN3O4. The number of hydrogen-bond donors (Lipinski definition) is 3. The van der Waals surface area contributed by atoms with Crippen molar-refractivity contribution in [1.29, 1.82) is 0 Å². The average molecular weight is 328 g/mol. The van der Waals surface area contributed by atoms with Gasteiger partial charge in [-0.15, -0.1) is 0 Å². The van der Waals surface area contributed by atoms with Gasteiger partial charge in [0.25, 0.3) is 5.91 Å². The van der Waals surface area contributed by atoms with E-state index >= 15 is 0 Å². The van der Waals surface area contributed by atoms with Gasteiger partial charge in [-0.2, -0.15) is 0 Å². The van der Waals surface area contributed by atoms with Gasteiger partial charge in [0.15, 0.2) is 6.61 Å². The van der Waals surface area contributed by atoms with Gasteiger partial charge in [0, 0.05) is 5.54 Å². The molecule has 7 nitrogen and oxygen atoms in total. The Morgan fingerprint density at radius 1 is 1.27 bits per heavy atom. The lowest BCUT2D eigenvalue weighted by atomic mass is 10.1. The number of carbonyl (C=O) groups excluding carboxylic acids is 3. The number of ether oxygens (including phenoxy) is 1. The fourth-order valence-corrected chi connectivity index (χ4v) is 1.54. The Hall–Kier alpha value is -2.28. The molecule has 0 atom stereocenters. The average Bonchev–Trinajstić information content (AvgIpc) is 2.36. The molecule has 1 aromatic rings. The number of halogens is 1. The highest BCUT2D eigenvalue weighted by Crippen LogP contribution is 2.19. The second kappa shape index (κ2) is 7.13. The van der Waals surface area contributed by atoms with Crippen molar-refractivity contribution in [3.8, 4) is 0 Å². The summed E-state index contributed by atoms with van der Waals surface area (Å²) in [6, 6.07) is 3.55. The van der Waals surface area contributed by atoms with Gasteiger partial charge in [0.1, 0.15) is 0 Å². The van der Waals surface area contributed by atoms with E-state index in [4.69, 9.17) is 22.1 Å². The molecule has 0 aliphatic carbocycles. The summed E-state index contributed by atoms with van der Waals surface area (Å²) in [7, 11) is 0. The molecule has 0 saturated heterocycles. The van der Waals surface area contributed by atoms with E-state index in [9.17, 15) is 14.4 Å². The van der Waals surface area contributed by atoms with Crippen LogP contribution in [0.1, 0.15) is 31.1 Å². The summed E-state index contributed by atoms with van der Waals surface area (Å²) < 4.78 is 4.79. The molecule has 0 saturated carbocycles. The molecule has 4 N–H and O–H groups in total. The van der Waals surface area contributed by atoms with Crippen molar-refractivity contribution >= 4 is 35.2 Å². The van der Waals surface area contributed by atoms with Gasteiger partial charge >= 0.3 is 12.0 Å². The number of urea groups is 1. The Morgan fingerprint density at radius 3 is 2.45 bits per heavy atom. The normalized spacial score (nSPS) is 10.7. The largest absolute Gasteiger partial charge is 0.452 e. The van der Waals surface area contributed by atoms with Crippen LogP contribution in [0.15, 0.2) is 18.2 Å². The summed E-state index contributed by atoms with van der Waals surface area (Å²) in [6.45, 7) is 4.71. The van der Waals surface area contributed by atoms with Crippen LogP contribution in [0, 0.1) is 0 Å². The lowest BCUT2D eigenvalue weighted by Gasteiger charge is -2.20. The molecule has 0 aromatic heterocycles. The van der Waals surface area contributed by atoms with Gasteiger partial charge in [-0.1, -0.05) is 11.6 Å². The molecule has 8 heteroatoms. The lowest BCUT2D eigenvalue weighted by Crippen LogP contribution is -2.49. The number of anilines is 1. The second-order valence-corrected chi connectivity index (χ2v) is 5.97. The van der Waals surface area contributed by atoms with Crippen molar-refractivity contribution in [2.75, 3.05) is 12.3 Å². The number of nitrogens with two attached hydrogens (primary N) is 1. The minimum atomic E-state index is -0.741. The van der Waals surface area contributed by atoms with Crippen LogP contribution in [0.25, 0.3) is 0 Å². The Morgan fingerprint density at radius 2 is 1.91 bits per heavy atom. The molecule has 3 amide bonds. The fraction of sp³-hybridized carbons (Fsp3) is 0.357. The van der Waals surface area contributed by atoms with Gasteiger partial charge in [0.2, 0.25) is 0 Å². The van der Waals surface area contributed by atoms with E-state index in [-0.39, 0.29) is 11.3 Å². The molecule has 0 unspecified atom stereocenters. The molecule has 0 fully saturated rings. The topological polar surface area (TPSA) is 111 Å². The standard InChI is InChI=1S/C14H18ClN3O4/c1-14(2,3)18-13(21)17-11(19)7-22-12(20)8-4-5-9(15)10(16)6-8/h4-6H,7,16H2,1-3H3,(H2,17,18,19,21). The monoisotopic (exact) mass is 327 g/mol. The smallest absolute Gasteiger partial charge is 0.338 e. The zero-order valence-corrected chi connectivity index (χ0v) is 13.3. The number of nitrogens with one attached hydrogen (secondary N) is 2. The maximum atomic E-state index is 11.7. The van der Waals surface area contributed by atoms with Crippen molar-refractivity contribution in [3.63, 3.8) is 0 Å². The van der Waals surface area contributed by atoms with E-state index in [1.165, 1.54) is 18.2 Å². The Bertz CT molecular complexity index is 596. The first-order valence-electron chi connectivity index (χ1n) is 6.42. The minimum absolute atomic E-state index is 0.161. The summed E-state index contributed by atoms with van der Waals surface area (Å²) in [5.74, 6) is -1.48. The SMILES string of the molecule is CC(C)(C)NC(=O)NC(=O)COC(=O)c1ccc(Cl)c(N)c1. The van der Waals surface area contributed by atoms with Crippen molar-refractivity contribution in [2.45, 2.75) is 26.3 Å². The van der Waals surface area contributed by atoms with Crippen LogP contribution in [0.2, 0.25) is 5.02 Å². The van der Waals surface area contributed by atoms with Crippen LogP contribution < -0.4 is 16.4 Å². The highest BCUT2D eigenvalue weighted by atomic mass is 35.5. The maximum Gasteiger partial charge on any atom is 0.338 e. The quantitative estimate of drug-likeness (QED) is 0.578. The number of hydrogen-bond acceptors (Lipinski definition) is 5. The van der Waals surface area contributed by atoms with Crippen LogP contribution in [0.4, 0.5) is 10.5 Å². The van der Waals surface area contributed by atoms with Gasteiger partial charge in [0.05, 0.1) is 16.3 Å². The molecule has 22 heavy (non-hydrogen) atoms. The Balaban J connectivity index is 2.48. The second-order valence-electron chi connectivity index (χ2n) is 5.56. The highest BCUT2D eigenvalue weighted by Gasteiger charge is 2.17. The summed E-state index contributed by atoms with van der Waals surface area (Å²) in [4.78, 5) is 34.7. The summed E-state index contributed by atoms with van der Waals surface area (Å²) in [5, 5.41) is 4.91. The van der Waals surface area contributed by atoms with Gasteiger partial charge in [-0.3, -0.25) is 10.1 Å². The minimum Gasteiger partial charge on any atom is -0.452 e. The first-order valence-corrected chi connectivity index (χ1v) is 6.80. The molecule has 120 valence electrons. The Kier molecular flexibility index (Phi) is 5.76. The predicted octanol–water partition coefficient (Wildman–Crippen LogP) is 1.70. The van der Waals surface area contributed by atoms with Crippen molar-refractivity contribution in [3.05, 3.63) is 28.8 Å². The number of benzene rings is 1. The van der Waals surface area contributed by atoms with Crippen molar-refractivity contribution in [1.82, 2.24) is 10.6 Å². The molecule has 0 heterocycles. The molecule has 0 aliphatic heterocycles. The number of carbonyl (C=O) groups is 3. The number of rotatable bonds is 3. The zero-order chi connectivity index (χ0) is 16.9. The highest BCUT2D eigenvalue weighted by molar-refractivity contribution is 6.33. The predicted molar refractivity (Wildman–Crippen MR) is 82.6 cm³/mol. The number of nitrogen functional groups attached to an aromatic ring is 1. The van der Waals surface area contributed by atoms with E-state index < -0.39 is 30.1 Å². The van der Waals surface area contributed by atoms with Crippen LogP contribution >= 0.6 is 11.6 Å². The van der Waals surface area contributed by atoms with Gasteiger partial charge in [-0.25, -0.2) is 9.59 Å². The van der Waals surface area contributed by atoms with E-state index in [0.29, 0.717) is 5.02 Å². The van der Waals surface area contributed by atoms with Gasteiger partial charge < -0.3 is 15.8 Å². The molecule has 0 spiro atoms. The molecular weight excluding hydrogens is 310 g/mol. The van der Waals surface area contributed by atoms with Gasteiger partial charge in [-0.05, 0) is 39.0 Å². The summed E-state index contributed by atoms with van der Waals surface area (Å²) >= 11 is 5.74. The first kappa shape index (κ1) is 17.8. The number of esters is 1. The molecule has 0 aliphatic rings. The van der Waals surface area contributed by atoms with Crippen LogP contribution in [0.3, 0.4) is 0 Å². The third kappa shape index (κ3) is 6.01.